The van der Waals surface area contributed by atoms with E-state index in [1.165, 1.54) is 37.7 Å². The van der Waals surface area contributed by atoms with Gasteiger partial charge in [-0.05, 0) is 48.3 Å². The molecule has 1 saturated carbocycles. The summed E-state index contributed by atoms with van der Waals surface area (Å²) in [7, 11) is 0. The summed E-state index contributed by atoms with van der Waals surface area (Å²) < 4.78 is 5.91. The molecule has 1 aromatic carbocycles. The highest BCUT2D eigenvalue weighted by Crippen LogP contribution is 2.34. The first-order chi connectivity index (χ1) is 9.04. The van der Waals surface area contributed by atoms with Gasteiger partial charge in [-0.2, -0.15) is 0 Å². The van der Waals surface area contributed by atoms with Crippen LogP contribution in [0.15, 0.2) is 24.3 Å². The first kappa shape index (κ1) is 14.4. The summed E-state index contributed by atoms with van der Waals surface area (Å²) in [5.41, 5.74) is 1.83. The molecule has 0 aliphatic heterocycles. The minimum absolute atomic E-state index is 0.348. The Kier molecular flexibility index (Phi) is 4.90. The maximum Gasteiger partial charge on any atom is 0.119 e. The van der Waals surface area contributed by atoms with E-state index in [1.54, 1.807) is 0 Å². The van der Waals surface area contributed by atoms with Gasteiger partial charge in [0.05, 0.1) is 6.61 Å². The predicted octanol–water partition coefficient (Wildman–Crippen LogP) is 5.55. The highest BCUT2D eigenvalue weighted by molar-refractivity contribution is 5.31. The van der Waals surface area contributed by atoms with Crippen molar-refractivity contribution in [1.29, 1.82) is 0 Å². The standard InChI is InChI=1S/C18H28O/c1-18(2,3)12-13-19-17-11-7-10-16(14-17)15-8-5-4-6-9-15/h7,10-11,14-15H,4-6,8-9,12-13H2,1-3H3. The van der Waals surface area contributed by atoms with Crippen LogP contribution in [0.25, 0.3) is 0 Å². The summed E-state index contributed by atoms with van der Waals surface area (Å²) in [6.45, 7) is 7.59. The molecule has 0 atom stereocenters. The Hall–Kier alpha value is -0.980. The fraction of sp³-hybridized carbons (Fsp3) is 0.667. The van der Waals surface area contributed by atoms with Crippen molar-refractivity contribution in [2.45, 2.75) is 65.2 Å². The van der Waals surface area contributed by atoms with Crippen molar-refractivity contribution in [2.75, 3.05) is 6.61 Å². The Labute approximate surface area is 118 Å². The first-order valence-corrected chi connectivity index (χ1v) is 7.77. The van der Waals surface area contributed by atoms with Gasteiger partial charge in [0.15, 0.2) is 0 Å². The van der Waals surface area contributed by atoms with Crippen LogP contribution in [0, 0.1) is 5.41 Å². The molecule has 1 aromatic rings. The molecule has 0 spiro atoms. The van der Waals surface area contributed by atoms with Crippen LogP contribution in [0.5, 0.6) is 5.75 Å². The second kappa shape index (κ2) is 6.45. The zero-order valence-electron chi connectivity index (χ0n) is 12.7. The molecule has 0 bridgehead atoms. The molecule has 1 aliphatic rings. The third kappa shape index (κ3) is 4.89. The number of benzene rings is 1. The Morgan fingerprint density at radius 3 is 2.53 bits per heavy atom. The summed E-state index contributed by atoms with van der Waals surface area (Å²) in [4.78, 5) is 0. The van der Waals surface area contributed by atoms with E-state index >= 15 is 0 Å². The molecule has 0 amide bonds. The Bertz CT molecular complexity index is 383. The van der Waals surface area contributed by atoms with Crippen molar-refractivity contribution >= 4 is 0 Å². The van der Waals surface area contributed by atoms with Gasteiger partial charge in [-0.15, -0.1) is 0 Å². The minimum Gasteiger partial charge on any atom is -0.494 e. The Morgan fingerprint density at radius 2 is 1.84 bits per heavy atom. The molecule has 0 N–H and O–H groups in total. The SMILES string of the molecule is CC(C)(C)CCOc1cccc(C2CCCCC2)c1. The maximum absolute atomic E-state index is 5.91. The van der Waals surface area contributed by atoms with Crippen LogP contribution in [0.3, 0.4) is 0 Å². The van der Waals surface area contributed by atoms with Gasteiger partial charge in [0, 0.05) is 0 Å². The molecule has 1 heteroatoms. The third-order valence-corrected chi connectivity index (χ3v) is 4.06. The lowest BCUT2D eigenvalue weighted by Crippen LogP contribution is -2.11. The zero-order chi connectivity index (χ0) is 13.7. The van der Waals surface area contributed by atoms with Gasteiger partial charge in [-0.25, -0.2) is 0 Å². The van der Waals surface area contributed by atoms with Crippen LogP contribution in [0.4, 0.5) is 0 Å². The molecule has 0 saturated heterocycles. The number of hydrogen-bond donors (Lipinski definition) is 0. The molecular weight excluding hydrogens is 232 g/mol. The van der Waals surface area contributed by atoms with Crippen LogP contribution in [0.1, 0.15) is 70.8 Å². The predicted molar refractivity (Wildman–Crippen MR) is 81.8 cm³/mol. The molecule has 2 rings (SSSR count). The second-order valence-corrected chi connectivity index (χ2v) is 7.07. The van der Waals surface area contributed by atoms with E-state index in [9.17, 15) is 0 Å². The lowest BCUT2D eigenvalue weighted by atomic mass is 9.84. The monoisotopic (exact) mass is 260 g/mol. The molecule has 19 heavy (non-hydrogen) atoms. The summed E-state index contributed by atoms with van der Waals surface area (Å²) >= 11 is 0. The van der Waals surface area contributed by atoms with Crippen LogP contribution >= 0.6 is 0 Å². The molecule has 0 radical (unpaired) electrons. The lowest BCUT2D eigenvalue weighted by Gasteiger charge is -2.23. The maximum atomic E-state index is 5.91. The van der Waals surface area contributed by atoms with E-state index in [-0.39, 0.29) is 0 Å². The van der Waals surface area contributed by atoms with Gasteiger partial charge in [-0.3, -0.25) is 0 Å². The largest absolute Gasteiger partial charge is 0.494 e. The highest BCUT2D eigenvalue weighted by atomic mass is 16.5. The number of ether oxygens (including phenoxy) is 1. The van der Waals surface area contributed by atoms with Crippen molar-refractivity contribution < 1.29 is 4.74 Å². The normalized spacial score (nSPS) is 17.4. The number of hydrogen-bond acceptors (Lipinski definition) is 1. The highest BCUT2D eigenvalue weighted by Gasteiger charge is 2.16. The molecule has 0 heterocycles. The van der Waals surface area contributed by atoms with Gasteiger partial charge in [0.2, 0.25) is 0 Å². The minimum atomic E-state index is 0.348. The quantitative estimate of drug-likeness (QED) is 0.689. The molecular formula is C18H28O. The van der Waals surface area contributed by atoms with Gasteiger partial charge < -0.3 is 4.74 Å². The number of rotatable bonds is 4. The van der Waals surface area contributed by atoms with E-state index in [0.29, 0.717) is 5.41 Å². The first-order valence-electron chi connectivity index (χ1n) is 7.77. The van der Waals surface area contributed by atoms with Gasteiger partial charge in [0.25, 0.3) is 0 Å². The average molecular weight is 260 g/mol. The van der Waals surface area contributed by atoms with Crippen LogP contribution in [0.2, 0.25) is 0 Å². The van der Waals surface area contributed by atoms with E-state index in [0.717, 1.165) is 24.7 Å². The van der Waals surface area contributed by atoms with E-state index in [2.05, 4.69) is 45.0 Å². The summed E-state index contributed by atoms with van der Waals surface area (Å²) in [5.74, 6) is 1.81. The van der Waals surface area contributed by atoms with Gasteiger partial charge >= 0.3 is 0 Å². The third-order valence-electron chi connectivity index (χ3n) is 4.06. The molecule has 1 nitrogen and oxygen atoms in total. The molecule has 106 valence electrons. The molecule has 1 fully saturated rings. The van der Waals surface area contributed by atoms with Crippen molar-refractivity contribution in [1.82, 2.24) is 0 Å². The van der Waals surface area contributed by atoms with Crippen LogP contribution < -0.4 is 4.74 Å². The van der Waals surface area contributed by atoms with Gasteiger partial charge in [-0.1, -0.05) is 52.2 Å². The van der Waals surface area contributed by atoms with Crippen LogP contribution in [-0.2, 0) is 0 Å². The Balaban J connectivity index is 1.91. The van der Waals surface area contributed by atoms with Crippen molar-refractivity contribution in [2.24, 2.45) is 5.41 Å². The molecule has 0 aromatic heterocycles. The topological polar surface area (TPSA) is 9.23 Å². The molecule has 1 aliphatic carbocycles. The smallest absolute Gasteiger partial charge is 0.119 e. The zero-order valence-corrected chi connectivity index (χ0v) is 12.7. The van der Waals surface area contributed by atoms with Crippen LogP contribution in [-0.4, -0.2) is 6.61 Å². The average Bonchev–Trinajstić information content (AvgIpc) is 2.39. The van der Waals surface area contributed by atoms with Gasteiger partial charge in [0.1, 0.15) is 5.75 Å². The molecule has 0 unspecified atom stereocenters. The Morgan fingerprint density at radius 1 is 1.11 bits per heavy atom. The summed E-state index contributed by atoms with van der Waals surface area (Å²) in [6, 6.07) is 8.77. The van der Waals surface area contributed by atoms with E-state index < -0.39 is 0 Å². The summed E-state index contributed by atoms with van der Waals surface area (Å²) in [6.07, 6.45) is 8.00. The lowest BCUT2D eigenvalue weighted by molar-refractivity contribution is 0.242. The summed E-state index contributed by atoms with van der Waals surface area (Å²) in [5, 5.41) is 0. The fourth-order valence-corrected chi connectivity index (χ4v) is 2.77. The second-order valence-electron chi connectivity index (χ2n) is 7.07. The fourth-order valence-electron chi connectivity index (χ4n) is 2.77. The van der Waals surface area contributed by atoms with Crippen molar-refractivity contribution in [3.8, 4) is 5.75 Å². The van der Waals surface area contributed by atoms with E-state index in [4.69, 9.17) is 4.74 Å². The van der Waals surface area contributed by atoms with Crippen molar-refractivity contribution in [3.05, 3.63) is 29.8 Å². The van der Waals surface area contributed by atoms with E-state index in [1.807, 2.05) is 0 Å². The van der Waals surface area contributed by atoms with Crippen molar-refractivity contribution in [3.63, 3.8) is 0 Å².